The molecule has 1 aromatic carbocycles. The summed E-state index contributed by atoms with van der Waals surface area (Å²) in [5, 5.41) is 0. The summed E-state index contributed by atoms with van der Waals surface area (Å²) in [5.41, 5.74) is 0.328. The van der Waals surface area contributed by atoms with Crippen LogP contribution >= 0.6 is 12.4 Å². The van der Waals surface area contributed by atoms with Gasteiger partial charge in [0, 0.05) is 13.0 Å². The summed E-state index contributed by atoms with van der Waals surface area (Å²) in [6.07, 6.45) is 1.62. The van der Waals surface area contributed by atoms with E-state index in [9.17, 15) is 14.0 Å². The van der Waals surface area contributed by atoms with E-state index < -0.39 is 11.7 Å². The summed E-state index contributed by atoms with van der Waals surface area (Å²) in [6.45, 7) is 1.78. The van der Waals surface area contributed by atoms with Crippen LogP contribution in [0.15, 0.2) is 42.5 Å². The Bertz CT molecular complexity index is 822. The summed E-state index contributed by atoms with van der Waals surface area (Å²) in [5.74, 6) is -0.785. The highest BCUT2D eigenvalue weighted by Crippen LogP contribution is 2.22. The molecule has 0 aliphatic carbocycles. The molecule has 1 aliphatic heterocycles. The number of rotatable bonds is 4. The fourth-order valence-corrected chi connectivity index (χ4v) is 3.15. The molecule has 0 spiro atoms. The van der Waals surface area contributed by atoms with Crippen LogP contribution in [0.3, 0.4) is 0 Å². The maximum atomic E-state index is 13.9. The summed E-state index contributed by atoms with van der Waals surface area (Å²) < 4.78 is 13.9. The molecule has 1 amide bonds. The third-order valence-electron chi connectivity index (χ3n) is 4.83. The topological polar surface area (TPSA) is 53.5 Å². The highest BCUT2D eigenvalue weighted by atomic mass is 35.5. The van der Waals surface area contributed by atoms with Crippen LogP contribution in [0.1, 0.15) is 33.7 Å². The number of hydrogen-bond donors (Lipinski definition) is 0. The zero-order valence-corrected chi connectivity index (χ0v) is 16.2. The number of aromatic nitrogens is 1. The van der Waals surface area contributed by atoms with Crippen LogP contribution in [0.2, 0.25) is 0 Å². The van der Waals surface area contributed by atoms with Crippen molar-refractivity contribution in [2.24, 2.45) is 5.92 Å². The number of hydrogen-bond acceptors (Lipinski definition) is 4. The Balaban J connectivity index is 0.00000261. The first kappa shape index (κ1) is 21.0. The van der Waals surface area contributed by atoms with Crippen LogP contribution in [0.5, 0.6) is 0 Å². The van der Waals surface area contributed by atoms with Crippen molar-refractivity contribution in [2.45, 2.75) is 12.8 Å². The molecule has 144 valence electrons. The largest absolute Gasteiger partial charge is 0.306 e. The van der Waals surface area contributed by atoms with Crippen molar-refractivity contribution in [1.29, 1.82) is 0 Å². The second-order valence-corrected chi connectivity index (χ2v) is 6.67. The van der Waals surface area contributed by atoms with Crippen LogP contribution in [-0.2, 0) is 0 Å². The summed E-state index contributed by atoms with van der Waals surface area (Å²) in [6, 6.07) is 10.8. The lowest BCUT2D eigenvalue weighted by Crippen LogP contribution is -2.34. The third kappa shape index (κ3) is 4.70. The van der Waals surface area contributed by atoms with Gasteiger partial charge in [-0.15, -0.1) is 12.4 Å². The number of benzene rings is 1. The Morgan fingerprint density at radius 1 is 1.11 bits per heavy atom. The van der Waals surface area contributed by atoms with E-state index in [2.05, 4.69) is 9.88 Å². The molecule has 2 heterocycles. The van der Waals surface area contributed by atoms with Gasteiger partial charge in [0.25, 0.3) is 5.91 Å². The van der Waals surface area contributed by atoms with E-state index in [1.165, 1.54) is 30.1 Å². The van der Waals surface area contributed by atoms with E-state index in [4.69, 9.17) is 0 Å². The van der Waals surface area contributed by atoms with Crippen LogP contribution in [0.25, 0.3) is 0 Å². The third-order valence-corrected chi connectivity index (χ3v) is 4.83. The molecule has 1 aromatic heterocycles. The Morgan fingerprint density at radius 2 is 1.78 bits per heavy atom. The number of pyridine rings is 1. The average molecular weight is 392 g/mol. The molecule has 27 heavy (non-hydrogen) atoms. The van der Waals surface area contributed by atoms with E-state index in [0.717, 1.165) is 25.9 Å². The standard InChI is InChI=1S/C20H22FN3O2.ClH/c1-23-12-10-14(11-13-23)19(25)17-8-5-9-18(22-17)24(2)20(26)15-6-3-4-7-16(15)21;/h3-9,14H,10-13H2,1-2H3;1H. The first-order chi connectivity index (χ1) is 12.5. The van der Waals surface area contributed by atoms with Crippen molar-refractivity contribution in [3.8, 4) is 0 Å². The predicted molar refractivity (Wildman–Crippen MR) is 105 cm³/mol. The molecule has 0 saturated carbocycles. The summed E-state index contributed by atoms with van der Waals surface area (Å²) in [4.78, 5) is 33.1. The smallest absolute Gasteiger partial charge is 0.262 e. The van der Waals surface area contributed by atoms with Gasteiger partial charge in [-0.3, -0.25) is 14.5 Å². The van der Waals surface area contributed by atoms with E-state index in [1.807, 2.05) is 7.05 Å². The lowest BCUT2D eigenvalue weighted by Gasteiger charge is -2.27. The van der Waals surface area contributed by atoms with Gasteiger partial charge in [0.1, 0.15) is 17.3 Å². The van der Waals surface area contributed by atoms with Crippen molar-refractivity contribution >= 4 is 29.9 Å². The van der Waals surface area contributed by atoms with Crippen molar-refractivity contribution in [2.75, 3.05) is 32.1 Å². The van der Waals surface area contributed by atoms with Crippen LogP contribution in [0, 0.1) is 11.7 Å². The molecular formula is C20H23ClFN3O2. The number of carbonyl (C=O) groups is 2. The van der Waals surface area contributed by atoms with Gasteiger partial charge < -0.3 is 4.90 Å². The van der Waals surface area contributed by atoms with Gasteiger partial charge in [-0.05, 0) is 57.2 Å². The SMILES string of the molecule is CN1CCC(C(=O)c2cccc(N(C)C(=O)c3ccccc3F)n2)CC1.Cl. The highest BCUT2D eigenvalue weighted by molar-refractivity contribution is 6.05. The number of likely N-dealkylation sites (tertiary alicyclic amines) is 1. The van der Waals surface area contributed by atoms with Gasteiger partial charge in [0.2, 0.25) is 0 Å². The second-order valence-electron chi connectivity index (χ2n) is 6.67. The van der Waals surface area contributed by atoms with Crippen molar-refractivity contribution in [1.82, 2.24) is 9.88 Å². The van der Waals surface area contributed by atoms with Crippen molar-refractivity contribution in [3.63, 3.8) is 0 Å². The second kappa shape index (κ2) is 9.06. The molecule has 7 heteroatoms. The average Bonchev–Trinajstić information content (AvgIpc) is 2.67. The minimum atomic E-state index is -0.581. The van der Waals surface area contributed by atoms with Crippen LogP contribution in [-0.4, -0.2) is 48.8 Å². The van der Waals surface area contributed by atoms with Crippen LogP contribution < -0.4 is 4.90 Å². The lowest BCUT2D eigenvalue weighted by atomic mass is 9.91. The zero-order valence-electron chi connectivity index (χ0n) is 15.4. The Kier molecular flexibility index (Phi) is 7.05. The first-order valence-electron chi connectivity index (χ1n) is 8.70. The van der Waals surface area contributed by atoms with Crippen LogP contribution in [0.4, 0.5) is 10.2 Å². The number of ketones is 1. The Morgan fingerprint density at radius 3 is 2.44 bits per heavy atom. The zero-order chi connectivity index (χ0) is 18.7. The Labute approximate surface area is 164 Å². The monoisotopic (exact) mass is 391 g/mol. The molecule has 0 N–H and O–H groups in total. The van der Waals surface area contributed by atoms with Gasteiger partial charge in [-0.1, -0.05) is 18.2 Å². The molecule has 3 rings (SSSR count). The van der Waals surface area contributed by atoms with Gasteiger partial charge in [-0.25, -0.2) is 9.37 Å². The molecule has 2 aromatic rings. The van der Waals surface area contributed by atoms with E-state index in [-0.39, 0.29) is 29.7 Å². The number of halogens is 2. The summed E-state index contributed by atoms with van der Waals surface area (Å²) >= 11 is 0. The van der Waals surface area contributed by atoms with Crippen molar-refractivity contribution < 1.29 is 14.0 Å². The maximum absolute atomic E-state index is 13.9. The summed E-state index contributed by atoms with van der Waals surface area (Å²) in [7, 11) is 3.57. The first-order valence-corrected chi connectivity index (χ1v) is 8.70. The molecule has 0 bridgehead atoms. The van der Waals surface area contributed by atoms with E-state index in [1.54, 1.807) is 24.3 Å². The Hall–Kier alpha value is -2.31. The molecule has 1 saturated heterocycles. The van der Waals surface area contributed by atoms with Gasteiger partial charge >= 0.3 is 0 Å². The van der Waals surface area contributed by atoms with Gasteiger partial charge in [0.05, 0.1) is 5.56 Å². The van der Waals surface area contributed by atoms with Gasteiger partial charge in [0.15, 0.2) is 5.78 Å². The van der Waals surface area contributed by atoms with E-state index in [0.29, 0.717) is 11.5 Å². The lowest BCUT2D eigenvalue weighted by molar-refractivity contribution is 0.0850. The molecule has 0 unspecified atom stereocenters. The number of Topliss-reactive ketones (excluding diaryl/α,β-unsaturated/α-hetero) is 1. The van der Waals surface area contributed by atoms with Crippen molar-refractivity contribution in [3.05, 3.63) is 59.5 Å². The molecule has 1 aliphatic rings. The fraction of sp³-hybridized carbons (Fsp3) is 0.350. The number of piperidine rings is 1. The molecule has 1 fully saturated rings. The number of nitrogens with zero attached hydrogens (tertiary/aromatic N) is 3. The number of amides is 1. The fourth-order valence-electron chi connectivity index (χ4n) is 3.15. The minimum Gasteiger partial charge on any atom is -0.306 e. The maximum Gasteiger partial charge on any atom is 0.262 e. The number of carbonyl (C=O) groups excluding carboxylic acids is 2. The minimum absolute atomic E-state index is 0. The predicted octanol–water partition coefficient (Wildman–Crippen LogP) is 3.44. The number of anilines is 1. The molecule has 0 atom stereocenters. The van der Waals surface area contributed by atoms with Gasteiger partial charge in [-0.2, -0.15) is 0 Å². The van der Waals surface area contributed by atoms with E-state index >= 15 is 0 Å². The highest BCUT2D eigenvalue weighted by Gasteiger charge is 2.26. The molecule has 5 nitrogen and oxygen atoms in total. The quantitative estimate of drug-likeness (QED) is 0.749. The normalized spacial score (nSPS) is 15.1. The molecule has 0 radical (unpaired) electrons. The molecular weight excluding hydrogens is 369 g/mol.